The number of benzene rings is 1. The van der Waals surface area contributed by atoms with E-state index in [2.05, 4.69) is 6.92 Å². The van der Waals surface area contributed by atoms with Crippen molar-refractivity contribution < 1.29 is 14.5 Å². The monoisotopic (exact) mass is 237 g/mol. The highest BCUT2D eigenvalue weighted by Gasteiger charge is 2.13. The van der Waals surface area contributed by atoms with Crippen LogP contribution < -0.4 is 4.74 Å². The molecule has 0 aliphatic heterocycles. The van der Waals surface area contributed by atoms with Crippen LogP contribution in [-0.4, -0.2) is 17.8 Å². The zero-order valence-electron chi connectivity index (χ0n) is 9.72. The van der Waals surface area contributed by atoms with Crippen LogP contribution in [0, 0.1) is 10.1 Å². The zero-order valence-corrected chi connectivity index (χ0v) is 9.72. The van der Waals surface area contributed by atoms with Crippen LogP contribution in [0.2, 0.25) is 0 Å². The number of nitrogens with zero attached hydrogens (tertiary/aromatic N) is 1. The van der Waals surface area contributed by atoms with Gasteiger partial charge in [0.15, 0.2) is 6.29 Å². The van der Waals surface area contributed by atoms with Gasteiger partial charge in [0, 0.05) is 6.07 Å². The lowest BCUT2D eigenvalue weighted by Gasteiger charge is -2.06. The molecule has 0 saturated carbocycles. The van der Waals surface area contributed by atoms with Gasteiger partial charge in [-0.25, -0.2) is 0 Å². The largest absolute Gasteiger partial charge is 0.494 e. The first-order valence-corrected chi connectivity index (χ1v) is 5.55. The van der Waals surface area contributed by atoms with Crippen molar-refractivity contribution in [1.29, 1.82) is 0 Å². The minimum atomic E-state index is -0.579. The molecule has 0 saturated heterocycles. The molecule has 0 aliphatic rings. The molecule has 0 heterocycles. The second-order valence-corrected chi connectivity index (χ2v) is 3.65. The van der Waals surface area contributed by atoms with Gasteiger partial charge in [0.25, 0.3) is 5.69 Å². The molecule has 0 radical (unpaired) electrons. The summed E-state index contributed by atoms with van der Waals surface area (Å²) in [5.41, 5.74) is -0.149. The summed E-state index contributed by atoms with van der Waals surface area (Å²) in [5.74, 6) is 0.494. The SMILES string of the molecule is CCCCCOc1ccc([N+](=O)[O-])c(C=O)c1. The van der Waals surface area contributed by atoms with Gasteiger partial charge < -0.3 is 4.74 Å². The third kappa shape index (κ3) is 3.86. The molecule has 1 rings (SSSR count). The summed E-state index contributed by atoms with van der Waals surface area (Å²) in [6.07, 6.45) is 3.58. The summed E-state index contributed by atoms with van der Waals surface area (Å²) in [7, 11) is 0. The molecule has 0 unspecified atom stereocenters. The van der Waals surface area contributed by atoms with Gasteiger partial charge in [0.05, 0.1) is 17.1 Å². The Morgan fingerprint density at radius 2 is 2.18 bits per heavy atom. The molecule has 0 N–H and O–H groups in total. The molecule has 1 aromatic rings. The van der Waals surface area contributed by atoms with Crippen molar-refractivity contribution in [3.8, 4) is 5.75 Å². The van der Waals surface area contributed by atoms with Crippen molar-refractivity contribution in [3.05, 3.63) is 33.9 Å². The summed E-state index contributed by atoms with van der Waals surface area (Å²) < 4.78 is 5.40. The van der Waals surface area contributed by atoms with Crippen molar-refractivity contribution in [3.63, 3.8) is 0 Å². The lowest BCUT2D eigenvalue weighted by atomic mass is 10.2. The van der Waals surface area contributed by atoms with E-state index in [1.807, 2.05) is 0 Å². The Hall–Kier alpha value is -1.91. The molecular formula is C12H15NO4. The molecular weight excluding hydrogens is 222 g/mol. The second kappa shape index (κ2) is 6.62. The molecule has 0 bridgehead atoms. The number of nitro groups is 1. The average molecular weight is 237 g/mol. The Balaban J connectivity index is 2.69. The van der Waals surface area contributed by atoms with Crippen LogP contribution >= 0.6 is 0 Å². The Morgan fingerprint density at radius 1 is 1.41 bits per heavy atom. The van der Waals surface area contributed by atoms with Gasteiger partial charge in [-0.2, -0.15) is 0 Å². The normalized spacial score (nSPS) is 9.94. The highest BCUT2D eigenvalue weighted by Crippen LogP contribution is 2.22. The Bertz CT molecular complexity index is 403. The highest BCUT2D eigenvalue weighted by atomic mass is 16.6. The van der Waals surface area contributed by atoms with Gasteiger partial charge in [0.2, 0.25) is 0 Å². The fourth-order valence-corrected chi connectivity index (χ4v) is 1.43. The average Bonchev–Trinajstić information content (AvgIpc) is 2.34. The zero-order chi connectivity index (χ0) is 12.7. The van der Waals surface area contributed by atoms with E-state index < -0.39 is 4.92 Å². The summed E-state index contributed by atoms with van der Waals surface area (Å²) in [5, 5.41) is 10.6. The smallest absolute Gasteiger partial charge is 0.280 e. The van der Waals surface area contributed by atoms with Gasteiger partial charge >= 0.3 is 0 Å². The van der Waals surface area contributed by atoms with Gasteiger partial charge in [0.1, 0.15) is 5.75 Å². The van der Waals surface area contributed by atoms with Crippen molar-refractivity contribution in [2.45, 2.75) is 26.2 Å². The maximum absolute atomic E-state index is 10.7. The van der Waals surface area contributed by atoms with Gasteiger partial charge in [-0.1, -0.05) is 19.8 Å². The molecule has 5 nitrogen and oxygen atoms in total. The molecule has 17 heavy (non-hydrogen) atoms. The Kier molecular flexibility index (Phi) is 5.13. The van der Waals surface area contributed by atoms with E-state index in [-0.39, 0.29) is 11.3 Å². The molecule has 0 fully saturated rings. The minimum absolute atomic E-state index is 0.0444. The third-order valence-electron chi connectivity index (χ3n) is 2.34. The number of aldehydes is 1. The first-order valence-electron chi connectivity index (χ1n) is 5.55. The lowest BCUT2D eigenvalue weighted by Crippen LogP contribution is -1.99. The van der Waals surface area contributed by atoms with E-state index in [4.69, 9.17) is 4.74 Å². The molecule has 0 atom stereocenters. The summed E-state index contributed by atoms with van der Waals surface area (Å²) in [6.45, 7) is 2.65. The fraction of sp³-hybridized carbons (Fsp3) is 0.417. The van der Waals surface area contributed by atoms with Crippen LogP contribution in [0.15, 0.2) is 18.2 Å². The first-order chi connectivity index (χ1) is 8.19. The predicted octanol–water partition coefficient (Wildman–Crippen LogP) is 2.98. The number of unbranched alkanes of at least 4 members (excludes halogenated alkanes) is 2. The van der Waals surface area contributed by atoms with Crippen LogP contribution in [0.25, 0.3) is 0 Å². The number of hydrogen-bond acceptors (Lipinski definition) is 4. The number of hydrogen-bond donors (Lipinski definition) is 0. The lowest BCUT2D eigenvalue weighted by molar-refractivity contribution is -0.385. The van der Waals surface area contributed by atoms with Crippen molar-refractivity contribution in [2.24, 2.45) is 0 Å². The molecule has 0 amide bonds. The van der Waals surface area contributed by atoms with Crippen LogP contribution in [0.3, 0.4) is 0 Å². The number of nitro benzene ring substituents is 1. The molecule has 5 heteroatoms. The number of ether oxygens (including phenoxy) is 1. The number of carbonyl (C=O) groups excluding carboxylic acids is 1. The van der Waals surface area contributed by atoms with Crippen LogP contribution in [0.1, 0.15) is 36.5 Å². The maximum atomic E-state index is 10.7. The van der Waals surface area contributed by atoms with E-state index in [0.717, 1.165) is 19.3 Å². The van der Waals surface area contributed by atoms with Crippen LogP contribution in [0.4, 0.5) is 5.69 Å². The molecule has 1 aromatic carbocycles. The molecule has 92 valence electrons. The number of rotatable bonds is 7. The summed E-state index contributed by atoms with van der Waals surface area (Å²) in [6, 6.07) is 4.20. The van der Waals surface area contributed by atoms with E-state index in [0.29, 0.717) is 18.6 Å². The maximum Gasteiger partial charge on any atom is 0.280 e. The topological polar surface area (TPSA) is 69.4 Å². The highest BCUT2D eigenvalue weighted by molar-refractivity contribution is 5.82. The Labute approximate surface area is 99.5 Å². The molecule has 0 spiro atoms. The third-order valence-corrected chi connectivity index (χ3v) is 2.34. The van der Waals surface area contributed by atoms with E-state index in [1.165, 1.54) is 18.2 Å². The van der Waals surface area contributed by atoms with E-state index in [1.54, 1.807) is 0 Å². The van der Waals surface area contributed by atoms with Crippen molar-refractivity contribution in [2.75, 3.05) is 6.61 Å². The standard InChI is InChI=1S/C12H15NO4/c1-2-3-4-7-17-11-5-6-12(13(15)16)10(8-11)9-14/h5-6,8-9H,2-4,7H2,1H3. The van der Waals surface area contributed by atoms with Gasteiger partial charge in [-0.15, -0.1) is 0 Å². The summed E-state index contributed by atoms with van der Waals surface area (Å²) >= 11 is 0. The predicted molar refractivity (Wildman–Crippen MR) is 63.5 cm³/mol. The van der Waals surface area contributed by atoms with E-state index in [9.17, 15) is 14.9 Å². The van der Waals surface area contributed by atoms with Gasteiger partial charge in [-0.05, 0) is 18.6 Å². The Morgan fingerprint density at radius 3 is 2.76 bits per heavy atom. The second-order valence-electron chi connectivity index (χ2n) is 3.65. The van der Waals surface area contributed by atoms with Crippen molar-refractivity contribution >= 4 is 12.0 Å². The first kappa shape index (κ1) is 13.2. The van der Waals surface area contributed by atoms with Crippen LogP contribution in [0.5, 0.6) is 5.75 Å². The summed E-state index contributed by atoms with van der Waals surface area (Å²) in [4.78, 5) is 20.7. The minimum Gasteiger partial charge on any atom is -0.494 e. The van der Waals surface area contributed by atoms with Crippen LogP contribution in [-0.2, 0) is 0 Å². The van der Waals surface area contributed by atoms with E-state index >= 15 is 0 Å². The quantitative estimate of drug-likeness (QED) is 0.316. The molecule has 0 aliphatic carbocycles. The fourth-order valence-electron chi connectivity index (χ4n) is 1.43. The van der Waals surface area contributed by atoms with Crippen molar-refractivity contribution in [1.82, 2.24) is 0 Å². The molecule has 0 aromatic heterocycles. The number of carbonyl (C=O) groups is 1. The van der Waals surface area contributed by atoms with Gasteiger partial charge in [-0.3, -0.25) is 14.9 Å².